The van der Waals surface area contributed by atoms with Crippen LogP contribution in [0.1, 0.15) is 6.23 Å². The summed E-state index contributed by atoms with van der Waals surface area (Å²) in [6.07, 6.45) is -6.68. The molecule has 0 saturated carbocycles. The monoisotopic (exact) mass is 355 g/mol. The fourth-order valence-electron chi connectivity index (χ4n) is 2.90. The van der Waals surface area contributed by atoms with Gasteiger partial charge in [0, 0.05) is 14.1 Å². The number of carbonyl (C=O) groups is 1. The molecule has 12 heteroatoms. The number of imidazole rings is 1. The Hall–Kier alpha value is -2.54. The van der Waals surface area contributed by atoms with Gasteiger partial charge in [-0.15, -0.1) is 0 Å². The number of nitrogens with zero attached hydrogens (tertiary/aromatic N) is 4. The van der Waals surface area contributed by atoms with E-state index in [9.17, 15) is 29.7 Å². The van der Waals surface area contributed by atoms with Crippen molar-refractivity contribution in [2.75, 3.05) is 0 Å². The number of aliphatic hydroxyl groups excluding tert-OH is 3. The number of amides is 1. The number of fused-ring (bicyclic) bond motifs is 1. The molecule has 0 aromatic carbocycles. The van der Waals surface area contributed by atoms with Crippen molar-refractivity contribution in [1.82, 2.24) is 18.7 Å². The van der Waals surface area contributed by atoms with Crippen molar-refractivity contribution >= 4 is 17.1 Å². The Kier molecular flexibility index (Phi) is 3.99. The van der Waals surface area contributed by atoms with E-state index in [0.29, 0.717) is 0 Å². The van der Waals surface area contributed by atoms with Gasteiger partial charge < -0.3 is 25.8 Å². The van der Waals surface area contributed by atoms with Gasteiger partial charge in [0.15, 0.2) is 23.5 Å². The molecule has 2 aromatic rings. The van der Waals surface area contributed by atoms with Gasteiger partial charge in [-0.25, -0.2) is 9.78 Å². The zero-order valence-electron chi connectivity index (χ0n) is 13.3. The van der Waals surface area contributed by atoms with E-state index in [1.165, 1.54) is 14.1 Å². The van der Waals surface area contributed by atoms with Crippen LogP contribution in [0.4, 0.5) is 0 Å². The van der Waals surface area contributed by atoms with Crippen molar-refractivity contribution in [3.63, 3.8) is 0 Å². The fraction of sp³-hybridized carbons (Fsp3) is 0.538. The number of aryl methyl sites for hydroxylation is 1. The number of carbonyl (C=O) groups excluding carboxylic acids is 1. The van der Waals surface area contributed by atoms with Gasteiger partial charge in [0.2, 0.25) is 5.91 Å². The second kappa shape index (κ2) is 5.77. The van der Waals surface area contributed by atoms with Gasteiger partial charge in [0.1, 0.15) is 18.3 Å². The van der Waals surface area contributed by atoms with Crippen LogP contribution in [0.25, 0.3) is 11.2 Å². The maximum Gasteiger partial charge on any atom is 0.332 e. The topological polar surface area (TPSA) is 175 Å². The first-order valence-electron chi connectivity index (χ1n) is 7.28. The van der Waals surface area contributed by atoms with E-state index < -0.39 is 47.8 Å². The molecule has 1 aliphatic rings. The van der Waals surface area contributed by atoms with E-state index in [4.69, 9.17) is 10.5 Å². The van der Waals surface area contributed by atoms with E-state index in [0.717, 1.165) is 20.0 Å². The van der Waals surface area contributed by atoms with Crippen molar-refractivity contribution in [1.29, 1.82) is 0 Å². The summed E-state index contributed by atoms with van der Waals surface area (Å²) in [7, 11) is 2.70. The fourth-order valence-corrected chi connectivity index (χ4v) is 2.90. The quantitative estimate of drug-likeness (QED) is 0.429. The van der Waals surface area contributed by atoms with Crippen LogP contribution in [0.15, 0.2) is 15.9 Å². The third-order valence-corrected chi connectivity index (χ3v) is 4.33. The molecule has 0 aliphatic carbocycles. The van der Waals surface area contributed by atoms with E-state index in [1.807, 2.05) is 0 Å². The average Bonchev–Trinajstić information content (AvgIpc) is 3.13. The number of rotatable bonds is 3. The summed E-state index contributed by atoms with van der Waals surface area (Å²) < 4.78 is 8.50. The maximum absolute atomic E-state index is 12.4. The van der Waals surface area contributed by atoms with E-state index in [-0.39, 0.29) is 11.2 Å². The Bertz CT molecular complexity index is 960. The van der Waals surface area contributed by atoms with Crippen molar-refractivity contribution in [3.05, 3.63) is 27.2 Å². The predicted octanol–water partition coefficient (Wildman–Crippen LogP) is -4.10. The highest BCUT2D eigenvalue weighted by molar-refractivity contribution is 5.79. The number of hydrogen-bond acceptors (Lipinski definition) is 8. The second-order valence-electron chi connectivity index (χ2n) is 5.85. The minimum Gasteiger partial charge on any atom is -0.387 e. The van der Waals surface area contributed by atoms with Crippen molar-refractivity contribution < 1.29 is 24.9 Å². The predicted molar refractivity (Wildman–Crippen MR) is 81.3 cm³/mol. The van der Waals surface area contributed by atoms with Gasteiger partial charge in [0.25, 0.3) is 5.56 Å². The zero-order chi connectivity index (χ0) is 18.6. The summed E-state index contributed by atoms with van der Waals surface area (Å²) in [5.41, 5.74) is 3.73. The van der Waals surface area contributed by atoms with Crippen LogP contribution in [0.3, 0.4) is 0 Å². The van der Waals surface area contributed by atoms with Crippen molar-refractivity contribution in [3.8, 4) is 0 Å². The third kappa shape index (κ3) is 2.38. The Morgan fingerprint density at radius 3 is 2.52 bits per heavy atom. The molecule has 1 aliphatic heterocycles. The summed E-state index contributed by atoms with van der Waals surface area (Å²) in [5.74, 6) is -1.13. The molecule has 3 heterocycles. The molecule has 1 amide bonds. The van der Waals surface area contributed by atoms with Gasteiger partial charge in [0.05, 0.1) is 6.33 Å². The molecule has 3 rings (SSSR count). The van der Waals surface area contributed by atoms with Gasteiger partial charge >= 0.3 is 5.69 Å². The molecule has 2 aromatic heterocycles. The highest BCUT2D eigenvalue weighted by Gasteiger charge is 2.48. The van der Waals surface area contributed by atoms with Crippen LogP contribution in [-0.4, -0.2) is 64.3 Å². The summed E-state index contributed by atoms with van der Waals surface area (Å²) in [4.78, 5) is 39.4. The number of nitrogens with two attached hydrogens (primary N) is 1. The molecule has 1 saturated heterocycles. The van der Waals surface area contributed by atoms with Crippen LogP contribution < -0.4 is 17.0 Å². The van der Waals surface area contributed by atoms with Crippen LogP contribution in [0.2, 0.25) is 0 Å². The molecule has 12 nitrogen and oxygen atoms in total. The number of aliphatic hydroxyl groups is 3. The minimum atomic E-state index is -1.85. The first-order chi connectivity index (χ1) is 11.7. The molecule has 1 fully saturated rings. The highest BCUT2D eigenvalue weighted by atomic mass is 16.6. The van der Waals surface area contributed by atoms with E-state index in [2.05, 4.69) is 4.98 Å². The molecular weight excluding hydrogens is 338 g/mol. The standard InChI is InChI=1S/C13H17N5O7/c1-16-10-4(11(23)17(2)13(16)24)18(3-15-10)12-6(20)5(19)8(25-12)7(21)9(14)22/h3,5-8,12,19-21H,1-2H3,(H2,14,22)/t5-,6+,7-,8-,12+/m0/s1. The molecule has 25 heavy (non-hydrogen) atoms. The summed E-state index contributed by atoms with van der Waals surface area (Å²) in [6, 6.07) is 0. The molecule has 136 valence electrons. The number of ether oxygens (including phenoxy) is 1. The van der Waals surface area contributed by atoms with E-state index in [1.54, 1.807) is 0 Å². The lowest BCUT2D eigenvalue weighted by molar-refractivity contribution is -0.140. The van der Waals surface area contributed by atoms with Crippen molar-refractivity contribution in [2.24, 2.45) is 19.8 Å². The number of primary amides is 1. The highest BCUT2D eigenvalue weighted by Crippen LogP contribution is 2.32. The molecular formula is C13H17N5O7. The van der Waals surface area contributed by atoms with E-state index >= 15 is 0 Å². The summed E-state index contributed by atoms with van der Waals surface area (Å²) in [5, 5.41) is 30.0. The zero-order valence-corrected chi connectivity index (χ0v) is 13.3. The minimum absolute atomic E-state index is 0.0462. The lowest BCUT2D eigenvalue weighted by Gasteiger charge is -2.18. The van der Waals surface area contributed by atoms with Crippen LogP contribution >= 0.6 is 0 Å². The van der Waals surface area contributed by atoms with Gasteiger partial charge in [-0.3, -0.25) is 23.3 Å². The Balaban J connectivity index is 2.13. The van der Waals surface area contributed by atoms with Crippen LogP contribution in [-0.2, 0) is 23.6 Å². The van der Waals surface area contributed by atoms with Gasteiger partial charge in [-0.1, -0.05) is 0 Å². The van der Waals surface area contributed by atoms with Gasteiger partial charge in [-0.2, -0.15) is 0 Å². The SMILES string of the molecule is Cn1c(=O)c2c(ncn2[C@@H]2O[C@H]([C@H](O)C(N)=O)[C@@H](O)[C@H]2O)n(C)c1=O. The summed E-state index contributed by atoms with van der Waals surface area (Å²) >= 11 is 0. The van der Waals surface area contributed by atoms with Crippen molar-refractivity contribution in [2.45, 2.75) is 30.6 Å². The molecule has 0 radical (unpaired) electrons. The summed E-state index contributed by atoms with van der Waals surface area (Å²) in [6.45, 7) is 0. The molecule has 0 spiro atoms. The number of hydrogen-bond donors (Lipinski definition) is 4. The number of aromatic nitrogens is 4. The van der Waals surface area contributed by atoms with Crippen LogP contribution in [0, 0.1) is 0 Å². The molecule has 5 N–H and O–H groups in total. The third-order valence-electron chi connectivity index (χ3n) is 4.33. The molecule has 0 unspecified atom stereocenters. The largest absolute Gasteiger partial charge is 0.387 e. The molecule has 0 bridgehead atoms. The maximum atomic E-state index is 12.4. The first-order valence-corrected chi connectivity index (χ1v) is 7.28. The van der Waals surface area contributed by atoms with Crippen LogP contribution in [0.5, 0.6) is 0 Å². The molecule has 5 atom stereocenters. The van der Waals surface area contributed by atoms with Gasteiger partial charge in [-0.05, 0) is 0 Å². The average molecular weight is 355 g/mol. The lowest BCUT2D eigenvalue weighted by atomic mass is 10.1. The smallest absolute Gasteiger partial charge is 0.332 e. The Morgan fingerprint density at radius 1 is 1.28 bits per heavy atom. The lowest BCUT2D eigenvalue weighted by Crippen LogP contribution is -2.45. The Morgan fingerprint density at radius 2 is 1.92 bits per heavy atom. The second-order valence-corrected chi connectivity index (χ2v) is 5.85. The Labute approximate surface area is 139 Å². The normalized spacial score (nSPS) is 27.7. The first kappa shape index (κ1) is 17.3.